The minimum Gasteiger partial charge on any atom is -0.497 e. The fraction of sp³-hybridized carbons (Fsp3) is 0.500. The first-order chi connectivity index (χ1) is 14.1. The van der Waals surface area contributed by atoms with Gasteiger partial charge < -0.3 is 24.1 Å². The monoisotopic (exact) mass is 403 g/mol. The molecule has 1 N–H and O–H groups in total. The molecule has 0 saturated heterocycles. The quantitative estimate of drug-likeness (QED) is 0.669. The summed E-state index contributed by atoms with van der Waals surface area (Å²) in [5, 5.41) is 6.53. The van der Waals surface area contributed by atoms with Crippen LogP contribution in [0, 0.1) is 5.92 Å². The Kier molecular flexibility index (Phi) is 7.04. The molecule has 2 aromatic rings. The van der Waals surface area contributed by atoms with E-state index in [-0.39, 0.29) is 30.9 Å². The van der Waals surface area contributed by atoms with Crippen molar-refractivity contribution in [3.05, 3.63) is 24.1 Å². The highest BCUT2D eigenvalue weighted by molar-refractivity contribution is 5.83. The Morgan fingerprint density at radius 1 is 1.17 bits per heavy atom. The third-order valence-corrected chi connectivity index (χ3v) is 4.86. The van der Waals surface area contributed by atoms with Gasteiger partial charge in [0.25, 0.3) is 5.89 Å². The molecule has 0 bridgehead atoms. The van der Waals surface area contributed by atoms with Crippen molar-refractivity contribution in [1.82, 2.24) is 15.5 Å². The Hall–Kier alpha value is -3.10. The van der Waals surface area contributed by atoms with Crippen molar-refractivity contribution in [2.45, 2.75) is 38.7 Å². The summed E-state index contributed by atoms with van der Waals surface area (Å²) in [5.74, 6) is 0.961. The van der Waals surface area contributed by atoms with Crippen LogP contribution in [0.2, 0.25) is 0 Å². The lowest BCUT2D eigenvalue weighted by molar-refractivity contribution is -0.146. The van der Waals surface area contributed by atoms with Gasteiger partial charge in [-0.3, -0.25) is 9.59 Å². The third-order valence-electron chi connectivity index (χ3n) is 4.86. The van der Waals surface area contributed by atoms with E-state index in [2.05, 4.69) is 15.5 Å². The summed E-state index contributed by atoms with van der Waals surface area (Å²) in [6, 6.07) is 5.21. The van der Waals surface area contributed by atoms with Crippen LogP contribution >= 0.6 is 0 Å². The second-order valence-electron chi connectivity index (χ2n) is 6.79. The molecule has 1 aromatic carbocycles. The molecule has 1 aromatic heterocycles. The number of benzene rings is 1. The summed E-state index contributed by atoms with van der Waals surface area (Å²) < 4.78 is 20.7. The van der Waals surface area contributed by atoms with Gasteiger partial charge >= 0.3 is 5.97 Å². The third kappa shape index (κ3) is 5.46. The Balaban J connectivity index is 1.50. The minimum absolute atomic E-state index is 0.00507. The molecule has 1 amide bonds. The van der Waals surface area contributed by atoms with Crippen molar-refractivity contribution < 1.29 is 28.3 Å². The molecule has 9 heteroatoms. The van der Waals surface area contributed by atoms with Crippen LogP contribution < -0.4 is 14.8 Å². The maximum Gasteiger partial charge on any atom is 0.325 e. The number of carbonyl (C=O) groups is 2. The molecule has 1 heterocycles. The average Bonchev–Trinajstić information content (AvgIpc) is 3.25. The molecule has 0 atom stereocenters. The van der Waals surface area contributed by atoms with Crippen LogP contribution in [0.25, 0.3) is 11.4 Å². The second kappa shape index (κ2) is 9.90. The molecule has 3 rings (SSSR count). The molecule has 1 aliphatic carbocycles. The highest BCUT2D eigenvalue weighted by Crippen LogP contribution is 2.31. The summed E-state index contributed by atoms with van der Waals surface area (Å²) in [6.45, 7) is -0.355. The first-order valence-electron chi connectivity index (χ1n) is 9.59. The van der Waals surface area contributed by atoms with Crippen molar-refractivity contribution in [1.29, 1.82) is 0 Å². The first-order valence-corrected chi connectivity index (χ1v) is 9.59. The van der Waals surface area contributed by atoms with Gasteiger partial charge in [-0.1, -0.05) is 24.4 Å². The van der Waals surface area contributed by atoms with E-state index in [1.54, 1.807) is 25.3 Å². The number of nitrogens with zero attached hydrogens (tertiary/aromatic N) is 2. The number of ether oxygens (including phenoxy) is 3. The number of hydrogen-bond acceptors (Lipinski definition) is 8. The normalized spacial score (nSPS) is 14.3. The first kappa shape index (κ1) is 20.6. The number of hydrogen-bond donors (Lipinski definition) is 1. The number of esters is 1. The predicted octanol–water partition coefficient (Wildman–Crippen LogP) is 2.49. The Morgan fingerprint density at radius 3 is 2.69 bits per heavy atom. The summed E-state index contributed by atoms with van der Waals surface area (Å²) >= 11 is 0. The second-order valence-corrected chi connectivity index (χ2v) is 6.79. The number of rotatable bonds is 8. The van der Waals surface area contributed by atoms with Gasteiger partial charge in [-0.15, -0.1) is 0 Å². The molecule has 1 aliphatic rings. The largest absolute Gasteiger partial charge is 0.497 e. The molecule has 0 spiro atoms. The van der Waals surface area contributed by atoms with Gasteiger partial charge in [0, 0.05) is 12.0 Å². The Bertz CT molecular complexity index is 844. The zero-order valence-electron chi connectivity index (χ0n) is 16.6. The van der Waals surface area contributed by atoms with Gasteiger partial charge in [-0.25, -0.2) is 0 Å². The van der Waals surface area contributed by atoms with Gasteiger partial charge in [-0.2, -0.15) is 4.98 Å². The van der Waals surface area contributed by atoms with Crippen molar-refractivity contribution in [2.24, 2.45) is 5.92 Å². The molecule has 1 fully saturated rings. The number of nitrogens with one attached hydrogen (secondary N) is 1. The van der Waals surface area contributed by atoms with Crippen molar-refractivity contribution in [3.63, 3.8) is 0 Å². The SMILES string of the molecule is COc1ccc(-c2noc(COC(=O)CNC(=O)C3CCCCC3)n2)c(OC)c1. The average molecular weight is 403 g/mol. The van der Waals surface area contributed by atoms with Gasteiger partial charge in [0.05, 0.1) is 19.8 Å². The van der Waals surface area contributed by atoms with E-state index in [9.17, 15) is 9.59 Å². The smallest absolute Gasteiger partial charge is 0.325 e. The Labute approximate surface area is 168 Å². The molecule has 0 radical (unpaired) electrons. The van der Waals surface area contributed by atoms with Gasteiger partial charge in [0.15, 0.2) is 6.61 Å². The van der Waals surface area contributed by atoms with E-state index in [1.807, 2.05) is 0 Å². The lowest BCUT2D eigenvalue weighted by Gasteiger charge is -2.20. The highest BCUT2D eigenvalue weighted by Gasteiger charge is 2.21. The molecular weight excluding hydrogens is 378 g/mol. The highest BCUT2D eigenvalue weighted by atomic mass is 16.6. The lowest BCUT2D eigenvalue weighted by Crippen LogP contribution is -2.36. The van der Waals surface area contributed by atoms with Crippen LogP contribution in [0.15, 0.2) is 22.7 Å². The minimum atomic E-state index is -0.559. The molecule has 9 nitrogen and oxygen atoms in total. The number of methoxy groups -OCH3 is 2. The Morgan fingerprint density at radius 2 is 1.97 bits per heavy atom. The van der Waals surface area contributed by atoms with E-state index < -0.39 is 5.97 Å². The maximum atomic E-state index is 12.1. The summed E-state index contributed by atoms with van der Waals surface area (Å²) in [4.78, 5) is 28.2. The van der Waals surface area contributed by atoms with Crippen LogP contribution in [0.4, 0.5) is 0 Å². The fourth-order valence-corrected chi connectivity index (χ4v) is 3.27. The van der Waals surface area contributed by atoms with Crippen LogP contribution in [0.5, 0.6) is 11.5 Å². The van der Waals surface area contributed by atoms with Crippen LogP contribution in [0.1, 0.15) is 38.0 Å². The number of amides is 1. The molecule has 29 heavy (non-hydrogen) atoms. The van der Waals surface area contributed by atoms with Crippen molar-refractivity contribution in [2.75, 3.05) is 20.8 Å². The van der Waals surface area contributed by atoms with Gasteiger partial charge in [0.2, 0.25) is 11.7 Å². The molecular formula is C20H25N3O6. The summed E-state index contributed by atoms with van der Waals surface area (Å²) in [5.41, 5.74) is 0.620. The fourth-order valence-electron chi connectivity index (χ4n) is 3.27. The number of carbonyl (C=O) groups excluding carboxylic acids is 2. The molecule has 0 aliphatic heterocycles. The van der Waals surface area contributed by atoms with Crippen LogP contribution in [-0.2, 0) is 20.9 Å². The molecule has 156 valence electrons. The molecule has 0 unspecified atom stereocenters. The van der Waals surface area contributed by atoms with Gasteiger partial charge in [-0.05, 0) is 25.0 Å². The standard InChI is InChI=1S/C20H25N3O6/c1-26-14-8-9-15(16(10-14)27-2)19-22-17(29-23-19)12-28-18(24)11-21-20(25)13-6-4-3-5-7-13/h8-10,13H,3-7,11-12H2,1-2H3,(H,21,25). The van der Waals surface area contributed by atoms with E-state index >= 15 is 0 Å². The zero-order valence-corrected chi connectivity index (χ0v) is 16.6. The van der Waals surface area contributed by atoms with Crippen molar-refractivity contribution >= 4 is 11.9 Å². The maximum absolute atomic E-state index is 12.1. The van der Waals surface area contributed by atoms with E-state index in [1.165, 1.54) is 13.5 Å². The summed E-state index contributed by atoms with van der Waals surface area (Å²) in [7, 11) is 3.09. The van der Waals surface area contributed by atoms with E-state index in [0.717, 1.165) is 25.7 Å². The lowest BCUT2D eigenvalue weighted by atomic mass is 9.89. The number of aromatic nitrogens is 2. The van der Waals surface area contributed by atoms with Crippen LogP contribution in [-0.4, -0.2) is 42.8 Å². The topological polar surface area (TPSA) is 113 Å². The molecule has 1 saturated carbocycles. The van der Waals surface area contributed by atoms with E-state index in [4.69, 9.17) is 18.7 Å². The van der Waals surface area contributed by atoms with Crippen LogP contribution in [0.3, 0.4) is 0 Å². The predicted molar refractivity (Wildman–Crippen MR) is 102 cm³/mol. The van der Waals surface area contributed by atoms with Gasteiger partial charge in [0.1, 0.15) is 18.0 Å². The zero-order chi connectivity index (χ0) is 20.6. The van der Waals surface area contributed by atoms with E-state index in [0.29, 0.717) is 22.9 Å². The van der Waals surface area contributed by atoms with Crippen molar-refractivity contribution in [3.8, 4) is 22.9 Å². The summed E-state index contributed by atoms with van der Waals surface area (Å²) in [6.07, 6.45) is 5.03.